The number of hydrogen-bond acceptors (Lipinski definition) is 3. The van der Waals surface area contributed by atoms with E-state index in [9.17, 15) is 9.90 Å². The van der Waals surface area contributed by atoms with E-state index in [2.05, 4.69) is 48.3 Å². The third-order valence-corrected chi connectivity index (χ3v) is 6.02. The van der Waals surface area contributed by atoms with Gasteiger partial charge in [0.1, 0.15) is 17.1 Å². The number of phenols is 1. The van der Waals surface area contributed by atoms with Crippen LogP contribution in [0.1, 0.15) is 66.3 Å². The summed E-state index contributed by atoms with van der Waals surface area (Å²) in [7, 11) is 0. The Morgan fingerprint density at radius 2 is 1.90 bits per heavy atom. The first-order valence-corrected chi connectivity index (χ1v) is 10.9. The van der Waals surface area contributed by atoms with Gasteiger partial charge in [0, 0.05) is 22.7 Å². The number of aromatic amines is 1. The Bertz CT molecular complexity index is 1060. The number of aryl methyl sites for hydroxylation is 1. The predicted octanol–water partition coefficient (Wildman–Crippen LogP) is 5.73. The van der Waals surface area contributed by atoms with Crippen molar-refractivity contribution in [2.24, 2.45) is 0 Å². The van der Waals surface area contributed by atoms with Crippen LogP contribution < -0.4 is 0 Å². The van der Waals surface area contributed by atoms with Crippen LogP contribution in [0.15, 0.2) is 42.5 Å². The summed E-state index contributed by atoms with van der Waals surface area (Å²) in [5.41, 5.74) is 4.68. The van der Waals surface area contributed by atoms with Gasteiger partial charge in [-0.3, -0.25) is 9.89 Å². The van der Waals surface area contributed by atoms with Crippen molar-refractivity contribution >= 4 is 17.5 Å². The van der Waals surface area contributed by atoms with Crippen molar-refractivity contribution < 1.29 is 9.90 Å². The number of carbonyl (C=O) groups is 1. The van der Waals surface area contributed by atoms with E-state index in [4.69, 9.17) is 11.6 Å². The first-order valence-electron chi connectivity index (χ1n) is 10.5. The van der Waals surface area contributed by atoms with Gasteiger partial charge < -0.3 is 10.0 Å². The molecule has 1 amide bonds. The fraction of sp³-hybridized carbons (Fsp3) is 0.333. The third kappa shape index (κ3) is 3.58. The van der Waals surface area contributed by atoms with Crippen molar-refractivity contribution in [3.8, 4) is 17.0 Å². The molecule has 3 aromatic rings. The highest BCUT2D eigenvalue weighted by molar-refractivity contribution is 6.31. The zero-order valence-corrected chi connectivity index (χ0v) is 18.0. The normalized spacial score (nSPS) is 15.6. The number of aromatic hydroxyl groups is 1. The average molecular weight is 424 g/mol. The van der Waals surface area contributed by atoms with Crippen LogP contribution in [-0.4, -0.2) is 32.7 Å². The van der Waals surface area contributed by atoms with E-state index in [1.807, 2.05) is 4.90 Å². The van der Waals surface area contributed by atoms with Crippen LogP contribution >= 0.6 is 11.6 Å². The first kappa shape index (κ1) is 20.5. The highest BCUT2D eigenvalue weighted by Crippen LogP contribution is 2.45. The van der Waals surface area contributed by atoms with E-state index in [-0.39, 0.29) is 17.7 Å². The number of fused-ring (bicyclic) bond motifs is 1. The van der Waals surface area contributed by atoms with E-state index in [1.54, 1.807) is 18.2 Å². The Morgan fingerprint density at radius 1 is 1.13 bits per heavy atom. The van der Waals surface area contributed by atoms with Crippen LogP contribution in [0.2, 0.25) is 5.02 Å². The lowest BCUT2D eigenvalue weighted by atomic mass is 9.94. The fourth-order valence-corrected chi connectivity index (χ4v) is 4.32. The van der Waals surface area contributed by atoms with Crippen LogP contribution in [0.4, 0.5) is 0 Å². The third-order valence-electron chi connectivity index (χ3n) is 5.78. The Kier molecular flexibility index (Phi) is 5.82. The van der Waals surface area contributed by atoms with Crippen molar-refractivity contribution in [3.63, 3.8) is 0 Å². The van der Waals surface area contributed by atoms with Crippen molar-refractivity contribution in [2.75, 3.05) is 6.54 Å². The van der Waals surface area contributed by atoms with E-state index >= 15 is 0 Å². The van der Waals surface area contributed by atoms with Crippen LogP contribution in [0.25, 0.3) is 11.3 Å². The molecule has 0 bridgehead atoms. The Balaban J connectivity index is 1.84. The molecule has 6 heteroatoms. The Morgan fingerprint density at radius 3 is 2.60 bits per heavy atom. The summed E-state index contributed by atoms with van der Waals surface area (Å²) in [6.45, 7) is 4.95. The minimum atomic E-state index is -0.248. The zero-order chi connectivity index (χ0) is 21.3. The summed E-state index contributed by atoms with van der Waals surface area (Å²) in [6, 6.07) is 13.0. The topological polar surface area (TPSA) is 69.2 Å². The highest BCUT2D eigenvalue weighted by Gasteiger charge is 2.42. The lowest BCUT2D eigenvalue weighted by Crippen LogP contribution is -2.30. The van der Waals surface area contributed by atoms with Gasteiger partial charge in [-0.2, -0.15) is 5.10 Å². The molecule has 1 aliphatic rings. The smallest absolute Gasteiger partial charge is 0.273 e. The molecule has 5 nitrogen and oxygen atoms in total. The number of aromatic nitrogens is 2. The van der Waals surface area contributed by atoms with E-state index in [1.165, 1.54) is 5.56 Å². The number of hydrogen-bond donors (Lipinski definition) is 2. The van der Waals surface area contributed by atoms with Crippen LogP contribution in [-0.2, 0) is 6.42 Å². The molecule has 0 saturated heterocycles. The minimum absolute atomic E-state index is 0.0501. The summed E-state index contributed by atoms with van der Waals surface area (Å²) in [5, 5.41) is 18.3. The monoisotopic (exact) mass is 423 g/mol. The largest absolute Gasteiger partial charge is 0.507 e. The first-order chi connectivity index (χ1) is 14.5. The van der Waals surface area contributed by atoms with Crippen LogP contribution in [0.3, 0.4) is 0 Å². The molecule has 2 N–H and O–H groups in total. The van der Waals surface area contributed by atoms with Crippen molar-refractivity contribution in [3.05, 3.63) is 69.9 Å². The summed E-state index contributed by atoms with van der Waals surface area (Å²) < 4.78 is 0. The van der Waals surface area contributed by atoms with Gasteiger partial charge in [-0.25, -0.2) is 0 Å². The zero-order valence-electron chi connectivity index (χ0n) is 17.3. The number of nitrogens with zero attached hydrogens (tertiary/aromatic N) is 2. The number of phenolic OH excluding ortho intramolecular Hbond substituents is 1. The molecule has 0 fully saturated rings. The number of nitrogens with one attached hydrogen (secondary N) is 1. The molecule has 1 aliphatic heterocycles. The molecule has 2 heterocycles. The van der Waals surface area contributed by atoms with Crippen LogP contribution in [0.5, 0.6) is 5.75 Å². The number of H-pyrrole nitrogens is 1. The quantitative estimate of drug-likeness (QED) is 0.476. The summed E-state index contributed by atoms with van der Waals surface area (Å²) in [6.07, 6.45) is 4.07. The number of carbonyl (C=O) groups excluding carboxylic acids is 1. The molecule has 0 radical (unpaired) electrons. The molecular weight excluding hydrogens is 398 g/mol. The maximum Gasteiger partial charge on any atom is 0.273 e. The molecule has 30 heavy (non-hydrogen) atoms. The number of amides is 1. The molecule has 2 aromatic carbocycles. The maximum absolute atomic E-state index is 13.3. The molecule has 0 aliphatic carbocycles. The van der Waals surface area contributed by atoms with Gasteiger partial charge in [0.05, 0.1) is 6.04 Å². The number of benzene rings is 2. The number of halogens is 1. The lowest BCUT2D eigenvalue weighted by Gasteiger charge is -2.26. The summed E-state index contributed by atoms with van der Waals surface area (Å²) >= 11 is 6.19. The SMILES string of the molecule is CCCCCN1C(=O)c2[nH]nc(-c3cc(Cl)ccc3O)c2C1c1ccc(CC)cc1. The van der Waals surface area contributed by atoms with Gasteiger partial charge in [-0.15, -0.1) is 0 Å². The average Bonchev–Trinajstić information content (AvgIpc) is 3.29. The highest BCUT2D eigenvalue weighted by atomic mass is 35.5. The Labute approximate surface area is 181 Å². The van der Waals surface area contributed by atoms with Gasteiger partial charge in [-0.05, 0) is 42.2 Å². The fourth-order valence-electron chi connectivity index (χ4n) is 4.14. The summed E-state index contributed by atoms with van der Waals surface area (Å²) in [4.78, 5) is 15.2. The molecule has 1 atom stereocenters. The summed E-state index contributed by atoms with van der Waals surface area (Å²) in [5.74, 6) is 0.0385. The maximum atomic E-state index is 13.3. The second-order valence-corrected chi connectivity index (χ2v) is 8.16. The van der Waals surface area contributed by atoms with Gasteiger partial charge in [0.15, 0.2) is 0 Å². The molecule has 1 aromatic heterocycles. The van der Waals surface area contributed by atoms with Crippen molar-refractivity contribution in [1.29, 1.82) is 0 Å². The molecule has 4 rings (SSSR count). The standard InChI is InChI=1S/C24H26ClN3O2/c1-3-5-6-13-28-23(16-9-7-15(4-2)8-10-16)20-21(26-27-22(20)24(28)30)18-14-17(25)11-12-19(18)29/h7-12,14,23,29H,3-6,13H2,1-2H3,(H,26,27). The van der Waals surface area contributed by atoms with Crippen molar-refractivity contribution in [2.45, 2.75) is 45.6 Å². The van der Waals surface area contributed by atoms with E-state index in [0.717, 1.165) is 36.8 Å². The van der Waals surface area contributed by atoms with E-state index in [0.29, 0.717) is 28.5 Å². The van der Waals surface area contributed by atoms with Gasteiger partial charge in [-0.1, -0.05) is 62.6 Å². The number of unbranched alkanes of at least 4 members (excludes halogenated alkanes) is 2. The second kappa shape index (κ2) is 8.52. The molecule has 0 spiro atoms. The molecule has 1 unspecified atom stereocenters. The minimum Gasteiger partial charge on any atom is -0.507 e. The van der Waals surface area contributed by atoms with Gasteiger partial charge >= 0.3 is 0 Å². The van der Waals surface area contributed by atoms with Crippen LogP contribution in [0, 0.1) is 0 Å². The van der Waals surface area contributed by atoms with E-state index < -0.39 is 0 Å². The molecular formula is C24H26ClN3O2. The second-order valence-electron chi connectivity index (χ2n) is 7.73. The predicted molar refractivity (Wildman–Crippen MR) is 119 cm³/mol. The van der Waals surface area contributed by atoms with Gasteiger partial charge in [0.2, 0.25) is 0 Å². The lowest BCUT2D eigenvalue weighted by molar-refractivity contribution is 0.0740. The van der Waals surface area contributed by atoms with Crippen molar-refractivity contribution in [1.82, 2.24) is 15.1 Å². The molecule has 0 saturated carbocycles. The van der Waals surface area contributed by atoms with Gasteiger partial charge in [0.25, 0.3) is 5.91 Å². The number of rotatable bonds is 7. The molecule has 156 valence electrons. The Hall–Kier alpha value is -2.79.